The van der Waals surface area contributed by atoms with Crippen molar-refractivity contribution in [3.8, 4) is 0 Å². The fourth-order valence-electron chi connectivity index (χ4n) is 3.57. The number of hydrogen-bond acceptors (Lipinski definition) is 6. The fourth-order valence-corrected chi connectivity index (χ4v) is 4.77. The van der Waals surface area contributed by atoms with E-state index in [2.05, 4.69) is 15.8 Å². The number of sulfonamides is 1. The molecule has 3 aromatic carbocycles. The predicted octanol–water partition coefficient (Wildman–Crippen LogP) is 3.31. The molecule has 0 saturated heterocycles. The number of nitrogens with zero attached hydrogens (tertiary/aromatic N) is 3. The normalized spacial score (nSPS) is 11.3. The summed E-state index contributed by atoms with van der Waals surface area (Å²) in [5, 5.41) is 0.492. The lowest BCUT2D eigenvalue weighted by molar-refractivity contribution is 0.0962. The van der Waals surface area contributed by atoms with Crippen LogP contribution in [0.5, 0.6) is 0 Å². The van der Waals surface area contributed by atoms with E-state index >= 15 is 0 Å². The van der Waals surface area contributed by atoms with Gasteiger partial charge >= 0.3 is 0 Å². The molecule has 0 saturated carbocycles. The third-order valence-electron chi connectivity index (χ3n) is 5.64. The molecule has 4 rings (SSSR count). The first kappa shape index (κ1) is 24.0. The van der Waals surface area contributed by atoms with Crippen LogP contribution in [0.15, 0.2) is 82.5 Å². The van der Waals surface area contributed by atoms with Crippen molar-refractivity contribution >= 4 is 38.5 Å². The van der Waals surface area contributed by atoms with Crippen LogP contribution in [-0.4, -0.2) is 30.9 Å². The Kier molecular flexibility index (Phi) is 6.57. The van der Waals surface area contributed by atoms with E-state index in [4.69, 9.17) is 0 Å². The van der Waals surface area contributed by atoms with Crippen molar-refractivity contribution in [1.82, 2.24) is 15.0 Å². The van der Waals surface area contributed by atoms with Gasteiger partial charge in [0, 0.05) is 19.2 Å². The Balaban J connectivity index is 1.50. The molecule has 9 nitrogen and oxygen atoms in total. The molecule has 0 unspecified atom stereocenters. The van der Waals surface area contributed by atoms with Crippen LogP contribution in [0.25, 0.3) is 10.9 Å². The number of fused-ring (bicyclic) bond motifs is 1. The van der Waals surface area contributed by atoms with Crippen molar-refractivity contribution in [2.75, 3.05) is 16.8 Å². The zero-order valence-electron chi connectivity index (χ0n) is 19.5. The van der Waals surface area contributed by atoms with E-state index in [0.29, 0.717) is 28.7 Å². The Morgan fingerprint density at radius 2 is 1.66 bits per heavy atom. The molecular formula is C25H25N5O4S. The number of hydrazine groups is 1. The summed E-state index contributed by atoms with van der Waals surface area (Å²) >= 11 is 0. The van der Waals surface area contributed by atoms with Crippen molar-refractivity contribution in [3.63, 3.8) is 0 Å². The largest absolute Gasteiger partial charge is 0.277 e. The monoisotopic (exact) mass is 491 g/mol. The average Bonchev–Trinajstić information content (AvgIpc) is 2.87. The van der Waals surface area contributed by atoms with Crippen LogP contribution in [0.4, 0.5) is 11.6 Å². The van der Waals surface area contributed by atoms with Gasteiger partial charge in [-0.1, -0.05) is 29.8 Å². The summed E-state index contributed by atoms with van der Waals surface area (Å²) in [7, 11) is -2.28. The lowest BCUT2D eigenvalue weighted by Crippen LogP contribution is -2.34. The molecule has 0 aliphatic carbocycles. The van der Waals surface area contributed by atoms with Gasteiger partial charge in [-0.15, -0.1) is 0 Å². The molecule has 0 spiro atoms. The average molecular weight is 492 g/mol. The molecular weight excluding hydrogens is 466 g/mol. The van der Waals surface area contributed by atoms with Crippen molar-refractivity contribution in [3.05, 3.63) is 94.3 Å². The topological polar surface area (TPSA) is 113 Å². The van der Waals surface area contributed by atoms with Gasteiger partial charge < -0.3 is 0 Å². The number of carbonyl (C=O) groups excluding carboxylic acids is 1. The predicted molar refractivity (Wildman–Crippen MR) is 136 cm³/mol. The van der Waals surface area contributed by atoms with Crippen LogP contribution in [0.3, 0.4) is 0 Å². The minimum atomic E-state index is -3.74. The molecule has 1 amide bonds. The van der Waals surface area contributed by atoms with Crippen molar-refractivity contribution in [2.45, 2.75) is 25.3 Å². The number of rotatable bonds is 7. The van der Waals surface area contributed by atoms with E-state index in [1.54, 1.807) is 60.7 Å². The minimum absolute atomic E-state index is 0.182. The van der Waals surface area contributed by atoms with Gasteiger partial charge in [-0.25, -0.2) is 13.4 Å². The zero-order valence-corrected chi connectivity index (χ0v) is 20.3. The maximum absolute atomic E-state index is 12.9. The Labute approximate surface area is 203 Å². The van der Waals surface area contributed by atoms with Gasteiger partial charge in [-0.3, -0.25) is 29.3 Å². The number of carbonyl (C=O) groups is 1. The van der Waals surface area contributed by atoms with Crippen LogP contribution >= 0.6 is 0 Å². The van der Waals surface area contributed by atoms with Crippen molar-refractivity contribution < 1.29 is 13.2 Å². The Morgan fingerprint density at radius 3 is 2.31 bits per heavy atom. The number of amides is 1. The molecule has 1 heterocycles. The molecule has 0 fully saturated rings. The zero-order chi connectivity index (χ0) is 25.2. The second-order valence-electron chi connectivity index (χ2n) is 7.91. The Bertz CT molecular complexity index is 1550. The standard InChI is InChI=1S/C25H25N5O4S/c1-4-30-24(32)21-7-5-6-8-22(21)26-25(30)28-27-23(31)18-11-13-19(14-12-18)29(3)35(33,34)20-15-9-17(2)10-16-20/h5-16H,4H2,1-3H3,(H,26,28)(H,27,31). The van der Waals surface area contributed by atoms with E-state index in [-0.39, 0.29) is 16.4 Å². The molecule has 0 radical (unpaired) electrons. The second-order valence-corrected chi connectivity index (χ2v) is 9.88. The Morgan fingerprint density at radius 1 is 1.00 bits per heavy atom. The van der Waals surface area contributed by atoms with E-state index in [0.717, 1.165) is 9.87 Å². The molecule has 35 heavy (non-hydrogen) atoms. The highest BCUT2D eigenvalue weighted by Gasteiger charge is 2.21. The Hall–Kier alpha value is -4.18. The molecule has 180 valence electrons. The van der Waals surface area contributed by atoms with Crippen LogP contribution in [0, 0.1) is 6.92 Å². The number of anilines is 2. The summed E-state index contributed by atoms with van der Waals surface area (Å²) in [6, 6.07) is 19.7. The smallest absolute Gasteiger partial charge is 0.269 e. The first-order valence-electron chi connectivity index (χ1n) is 10.9. The molecule has 0 bridgehead atoms. The molecule has 1 aromatic heterocycles. The van der Waals surface area contributed by atoms with Gasteiger partial charge in [0.2, 0.25) is 5.95 Å². The third kappa shape index (κ3) is 4.73. The summed E-state index contributed by atoms with van der Waals surface area (Å²) in [6.07, 6.45) is 0. The number of nitrogens with one attached hydrogen (secondary N) is 2. The van der Waals surface area contributed by atoms with E-state index in [9.17, 15) is 18.0 Å². The van der Waals surface area contributed by atoms with Crippen LogP contribution in [-0.2, 0) is 16.6 Å². The van der Waals surface area contributed by atoms with Crippen molar-refractivity contribution in [2.24, 2.45) is 0 Å². The third-order valence-corrected chi connectivity index (χ3v) is 7.44. The van der Waals surface area contributed by atoms with E-state index in [1.165, 1.54) is 23.7 Å². The van der Waals surface area contributed by atoms with Gasteiger partial charge in [0.25, 0.3) is 21.5 Å². The highest BCUT2D eigenvalue weighted by molar-refractivity contribution is 7.92. The number of benzene rings is 3. The summed E-state index contributed by atoms with van der Waals surface area (Å²) in [5.74, 6) is -0.254. The molecule has 2 N–H and O–H groups in total. The molecule has 0 aliphatic rings. The molecule has 0 aliphatic heterocycles. The van der Waals surface area contributed by atoms with Gasteiger partial charge in [0.05, 0.1) is 21.5 Å². The van der Waals surface area contributed by atoms with E-state index in [1.807, 2.05) is 13.8 Å². The van der Waals surface area contributed by atoms with E-state index < -0.39 is 15.9 Å². The highest BCUT2D eigenvalue weighted by atomic mass is 32.2. The lowest BCUT2D eigenvalue weighted by atomic mass is 10.2. The summed E-state index contributed by atoms with van der Waals surface area (Å²) in [5.41, 5.74) is 7.25. The van der Waals surface area contributed by atoms with Crippen LogP contribution in [0.1, 0.15) is 22.8 Å². The van der Waals surface area contributed by atoms with Gasteiger partial charge in [0.15, 0.2) is 0 Å². The number of aryl methyl sites for hydroxylation is 1. The van der Waals surface area contributed by atoms with Gasteiger partial charge in [0.1, 0.15) is 0 Å². The second kappa shape index (κ2) is 9.59. The maximum Gasteiger partial charge on any atom is 0.269 e. The summed E-state index contributed by atoms with van der Waals surface area (Å²) < 4.78 is 28.4. The SMILES string of the molecule is CCn1c(NNC(=O)c2ccc(N(C)S(=O)(=O)c3ccc(C)cc3)cc2)nc2ccccc2c1=O. The lowest BCUT2D eigenvalue weighted by Gasteiger charge is -2.20. The first-order valence-corrected chi connectivity index (χ1v) is 12.4. The first-order chi connectivity index (χ1) is 16.7. The highest BCUT2D eigenvalue weighted by Crippen LogP contribution is 2.22. The van der Waals surface area contributed by atoms with Gasteiger partial charge in [-0.2, -0.15) is 0 Å². The number of aromatic nitrogens is 2. The minimum Gasteiger partial charge on any atom is -0.277 e. The fraction of sp³-hybridized carbons (Fsp3) is 0.160. The summed E-state index contributed by atoms with van der Waals surface area (Å²) in [4.78, 5) is 30.0. The number of para-hydroxylation sites is 1. The maximum atomic E-state index is 12.9. The van der Waals surface area contributed by atoms with Crippen LogP contribution < -0.4 is 20.7 Å². The van der Waals surface area contributed by atoms with Crippen LogP contribution in [0.2, 0.25) is 0 Å². The van der Waals surface area contributed by atoms with Crippen molar-refractivity contribution in [1.29, 1.82) is 0 Å². The molecule has 4 aromatic rings. The summed E-state index contributed by atoms with van der Waals surface area (Å²) in [6.45, 7) is 4.06. The molecule has 0 atom stereocenters. The van der Waals surface area contributed by atoms with Gasteiger partial charge in [-0.05, 0) is 62.4 Å². The molecule has 10 heteroatoms. The quantitative estimate of drug-likeness (QED) is 0.384. The number of hydrogen-bond donors (Lipinski definition) is 2.